The summed E-state index contributed by atoms with van der Waals surface area (Å²) in [4.78, 5) is 24.8. The molecule has 106 valence electrons. The van der Waals surface area contributed by atoms with Crippen LogP contribution in [0.5, 0.6) is 0 Å². The number of rotatable bonds is 3. The fourth-order valence-corrected chi connectivity index (χ4v) is 2.29. The van der Waals surface area contributed by atoms with Crippen LogP contribution in [0.1, 0.15) is 18.1 Å². The minimum atomic E-state index is -0.447. The Balaban J connectivity index is 2.27. The summed E-state index contributed by atoms with van der Waals surface area (Å²) in [5, 5.41) is 2.26. The lowest BCUT2D eigenvalue weighted by molar-refractivity contribution is -0.139. The van der Waals surface area contributed by atoms with Crippen LogP contribution in [0.15, 0.2) is 18.2 Å². The second-order valence-corrected chi connectivity index (χ2v) is 5.10. The number of hydrogen-bond donors (Lipinski definition) is 2. The lowest BCUT2D eigenvalue weighted by Gasteiger charge is -2.32. The second kappa shape index (κ2) is 5.64. The van der Waals surface area contributed by atoms with Gasteiger partial charge in [-0.15, -0.1) is 0 Å². The summed E-state index contributed by atoms with van der Waals surface area (Å²) in [6, 6.07) is 3.67. The monoisotopic (exact) mass is 295 g/mol. The lowest BCUT2D eigenvalue weighted by atomic mass is 10.0. The Morgan fingerprint density at radius 1 is 1.55 bits per heavy atom. The molecule has 0 spiro atoms. The maximum atomic E-state index is 13.2. The standard InChI is InChI=1S/C13H14FN3O2S/c1-7-13(19)16-11(18)6-17(7)5-8-2-3-9(14)4-10(8)12(15)20/h2-4,7H,5-6H2,1H3,(H2,15,20)(H,16,18,19). The zero-order chi connectivity index (χ0) is 14.9. The molecule has 20 heavy (non-hydrogen) atoms. The molecule has 1 saturated heterocycles. The van der Waals surface area contributed by atoms with Gasteiger partial charge in [0.15, 0.2) is 0 Å². The lowest BCUT2D eigenvalue weighted by Crippen LogP contribution is -2.56. The molecule has 1 aliphatic heterocycles. The van der Waals surface area contributed by atoms with E-state index in [0.717, 1.165) is 0 Å². The minimum Gasteiger partial charge on any atom is -0.389 e. The summed E-state index contributed by atoms with van der Waals surface area (Å²) < 4.78 is 13.2. The van der Waals surface area contributed by atoms with Gasteiger partial charge in [-0.25, -0.2) is 4.39 Å². The van der Waals surface area contributed by atoms with E-state index < -0.39 is 11.9 Å². The molecule has 3 N–H and O–H groups in total. The number of halogens is 1. The van der Waals surface area contributed by atoms with Crippen molar-refractivity contribution in [3.63, 3.8) is 0 Å². The van der Waals surface area contributed by atoms with Crippen LogP contribution >= 0.6 is 12.2 Å². The molecule has 0 bridgehead atoms. The quantitative estimate of drug-likeness (QED) is 0.620. The number of nitrogens with one attached hydrogen (secondary N) is 1. The number of thiocarbonyl (C=S) groups is 1. The highest BCUT2D eigenvalue weighted by Crippen LogP contribution is 2.17. The number of imide groups is 1. The van der Waals surface area contributed by atoms with Gasteiger partial charge < -0.3 is 5.73 Å². The van der Waals surface area contributed by atoms with E-state index in [1.54, 1.807) is 17.9 Å². The van der Waals surface area contributed by atoms with Crippen molar-refractivity contribution < 1.29 is 14.0 Å². The molecule has 0 aromatic heterocycles. The van der Waals surface area contributed by atoms with Crippen LogP contribution in [0.2, 0.25) is 0 Å². The first-order valence-electron chi connectivity index (χ1n) is 6.04. The predicted octanol–water partition coefficient (Wildman–Crippen LogP) is 0.307. The molecule has 1 aromatic carbocycles. The summed E-state index contributed by atoms with van der Waals surface area (Å²) in [5.74, 6) is -1.13. The Morgan fingerprint density at radius 2 is 2.25 bits per heavy atom. The van der Waals surface area contributed by atoms with Crippen molar-refractivity contribution in [2.75, 3.05) is 6.54 Å². The third kappa shape index (κ3) is 3.00. The van der Waals surface area contributed by atoms with E-state index in [-0.39, 0.29) is 23.3 Å². The molecule has 1 aliphatic rings. The third-order valence-electron chi connectivity index (χ3n) is 3.25. The normalized spacial score (nSPS) is 19.8. The molecule has 0 radical (unpaired) electrons. The van der Waals surface area contributed by atoms with Crippen molar-refractivity contribution >= 4 is 29.0 Å². The molecule has 5 nitrogen and oxygen atoms in total. The van der Waals surface area contributed by atoms with Gasteiger partial charge in [0, 0.05) is 12.1 Å². The van der Waals surface area contributed by atoms with Crippen LogP contribution in [-0.2, 0) is 16.1 Å². The molecular formula is C13H14FN3O2S. The number of amides is 2. The summed E-state index contributed by atoms with van der Waals surface area (Å²) >= 11 is 4.90. The van der Waals surface area contributed by atoms with Gasteiger partial charge in [0.25, 0.3) is 0 Å². The van der Waals surface area contributed by atoms with E-state index in [4.69, 9.17) is 18.0 Å². The maximum Gasteiger partial charge on any atom is 0.243 e. The summed E-state index contributed by atoms with van der Waals surface area (Å²) in [6.45, 7) is 2.10. The van der Waals surface area contributed by atoms with E-state index in [2.05, 4.69) is 5.32 Å². The average molecular weight is 295 g/mol. The number of carbonyl (C=O) groups is 2. The van der Waals surface area contributed by atoms with E-state index in [1.165, 1.54) is 12.1 Å². The molecule has 1 heterocycles. The molecule has 0 saturated carbocycles. The Labute approximate surface area is 120 Å². The Kier molecular flexibility index (Phi) is 4.10. The van der Waals surface area contributed by atoms with Crippen molar-refractivity contribution in [3.8, 4) is 0 Å². The highest BCUT2D eigenvalue weighted by molar-refractivity contribution is 7.80. The fraction of sp³-hybridized carbons (Fsp3) is 0.308. The van der Waals surface area contributed by atoms with Gasteiger partial charge in [-0.2, -0.15) is 0 Å². The van der Waals surface area contributed by atoms with E-state index >= 15 is 0 Å². The van der Waals surface area contributed by atoms with Crippen LogP contribution in [0, 0.1) is 5.82 Å². The second-order valence-electron chi connectivity index (χ2n) is 4.66. The van der Waals surface area contributed by atoms with Crippen LogP contribution in [-0.4, -0.2) is 34.3 Å². The van der Waals surface area contributed by atoms with Gasteiger partial charge >= 0.3 is 0 Å². The zero-order valence-corrected chi connectivity index (χ0v) is 11.7. The Hall–Kier alpha value is -1.86. The van der Waals surface area contributed by atoms with Crippen LogP contribution in [0.4, 0.5) is 4.39 Å². The van der Waals surface area contributed by atoms with Crippen LogP contribution in [0.25, 0.3) is 0 Å². The van der Waals surface area contributed by atoms with Crippen molar-refractivity contribution in [2.24, 2.45) is 5.73 Å². The number of benzene rings is 1. The van der Waals surface area contributed by atoms with E-state index in [9.17, 15) is 14.0 Å². The van der Waals surface area contributed by atoms with E-state index in [1.807, 2.05) is 0 Å². The number of carbonyl (C=O) groups excluding carboxylic acids is 2. The van der Waals surface area contributed by atoms with Crippen LogP contribution in [0.3, 0.4) is 0 Å². The Bertz CT molecular complexity index is 591. The predicted molar refractivity (Wildman–Crippen MR) is 75.3 cm³/mol. The highest BCUT2D eigenvalue weighted by Gasteiger charge is 2.30. The third-order valence-corrected chi connectivity index (χ3v) is 3.47. The van der Waals surface area contributed by atoms with Gasteiger partial charge in [0.2, 0.25) is 11.8 Å². The first-order chi connectivity index (χ1) is 9.38. The van der Waals surface area contributed by atoms with Gasteiger partial charge in [0.1, 0.15) is 10.8 Å². The molecule has 0 aliphatic carbocycles. The topological polar surface area (TPSA) is 75.4 Å². The molecule has 1 fully saturated rings. The van der Waals surface area contributed by atoms with Crippen molar-refractivity contribution in [1.82, 2.24) is 10.2 Å². The number of nitrogens with zero attached hydrogens (tertiary/aromatic N) is 1. The Morgan fingerprint density at radius 3 is 2.90 bits per heavy atom. The first kappa shape index (κ1) is 14.5. The first-order valence-corrected chi connectivity index (χ1v) is 6.45. The summed E-state index contributed by atoms with van der Waals surface area (Å²) in [7, 11) is 0. The SMILES string of the molecule is CC1C(=O)NC(=O)CN1Cc1ccc(F)cc1C(N)=S. The number of piperazine rings is 1. The fourth-order valence-electron chi connectivity index (χ4n) is 2.10. The molecule has 2 rings (SSSR count). The molecule has 7 heteroatoms. The number of nitrogens with two attached hydrogens (primary N) is 1. The van der Waals surface area contributed by atoms with Gasteiger partial charge in [-0.3, -0.25) is 19.8 Å². The van der Waals surface area contributed by atoms with Crippen molar-refractivity contribution in [3.05, 3.63) is 35.1 Å². The molecule has 1 unspecified atom stereocenters. The number of hydrogen-bond acceptors (Lipinski definition) is 4. The average Bonchev–Trinajstić information content (AvgIpc) is 2.37. The van der Waals surface area contributed by atoms with Crippen molar-refractivity contribution in [2.45, 2.75) is 19.5 Å². The maximum absolute atomic E-state index is 13.2. The van der Waals surface area contributed by atoms with Gasteiger partial charge in [-0.05, 0) is 24.6 Å². The molecule has 1 atom stereocenters. The smallest absolute Gasteiger partial charge is 0.243 e. The highest BCUT2D eigenvalue weighted by atomic mass is 32.1. The van der Waals surface area contributed by atoms with E-state index in [0.29, 0.717) is 17.7 Å². The summed E-state index contributed by atoms with van der Waals surface area (Å²) in [5.41, 5.74) is 6.69. The van der Waals surface area contributed by atoms with Crippen LogP contribution < -0.4 is 11.1 Å². The van der Waals surface area contributed by atoms with Gasteiger partial charge in [-0.1, -0.05) is 18.3 Å². The van der Waals surface area contributed by atoms with Gasteiger partial charge in [0.05, 0.1) is 12.6 Å². The minimum absolute atomic E-state index is 0.0833. The molecule has 1 aromatic rings. The van der Waals surface area contributed by atoms with Crippen molar-refractivity contribution in [1.29, 1.82) is 0 Å². The molecule has 2 amide bonds. The largest absolute Gasteiger partial charge is 0.389 e. The summed E-state index contributed by atoms with van der Waals surface area (Å²) in [6.07, 6.45) is 0. The molecular weight excluding hydrogens is 281 g/mol. The zero-order valence-electron chi connectivity index (χ0n) is 10.9.